The molecule has 0 heterocycles. The molecule has 0 aromatic rings. The minimum Gasteiger partial charge on any atom is -0.790 e. The Labute approximate surface area is 59.7 Å². The van der Waals surface area contributed by atoms with Crippen LogP contribution in [0.15, 0.2) is 0 Å². The predicted molar refractivity (Wildman–Crippen MR) is 20.9 cm³/mol. The normalized spacial score (nSPS) is 2.40. The Morgan fingerprint density at radius 3 is 0.800 bits per heavy atom. The zero-order chi connectivity index (χ0) is 4.00. The van der Waals surface area contributed by atoms with E-state index in [1.165, 1.54) is 0 Å². The zero-order valence-corrected chi connectivity index (χ0v) is 4.89. The molecule has 0 saturated carbocycles. The molecule has 0 aliphatic heterocycles. The molecule has 0 fully saturated rings. The molecule has 0 aromatic heterocycles. The zero-order valence-electron chi connectivity index (χ0n) is 2.68. The first-order valence-corrected chi connectivity index (χ1v) is 0.471. The maximum Gasteiger partial charge on any atom is 2.00 e. The quantitative estimate of drug-likeness (QED) is 0.289. The molecule has 0 aliphatic rings. The first-order valence-electron chi connectivity index (χ1n) is 0.471. The van der Waals surface area contributed by atoms with Crippen LogP contribution in [0.4, 0.5) is 0 Å². The van der Waals surface area contributed by atoms with E-state index in [4.69, 9.17) is 10.4 Å². The van der Waals surface area contributed by atoms with Crippen molar-refractivity contribution in [3.05, 3.63) is 10.4 Å². The van der Waals surface area contributed by atoms with Gasteiger partial charge in [-0.05, 0) is 0 Å². The summed E-state index contributed by atoms with van der Waals surface area (Å²) in [6.07, 6.45) is 0. The van der Waals surface area contributed by atoms with Gasteiger partial charge >= 0.3 is 37.7 Å². The van der Waals surface area contributed by atoms with Crippen LogP contribution in [-0.4, -0.2) is 37.7 Å². The van der Waals surface area contributed by atoms with Crippen molar-refractivity contribution >= 4 is 37.7 Å². The largest absolute Gasteiger partial charge is 2.00 e. The van der Waals surface area contributed by atoms with Gasteiger partial charge in [0.15, 0.2) is 0 Å². The second kappa shape index (κ2) is 70.9. The van der Waals surface area contributed by atoms with Crippen molar-refractivity contribution in [2.24, 2.45) is 11.8 Å². The molecule has 28 valence electrons. The van der Waals surface area contributed by atoms with Crippen LogP contribution in [0.5, 0.6) is 0 Å². The third-order valence-corrected chi connectivity index (χ3v) is 0. The van der Waals surface area contributed by atoms with Crippen LogP contribution in [-0.2, 0) is 0 Å². The average Bonchev–Trinajstić information content (AvgIpc) is 1.50. The summed E-state index contributed by atoms with van der Waals surface area (Å²) in [4.78, 5) is 0. The van der Waals surface area contributed by atoms with Crippen molar-refractivity contribution in [2.45, 2.75) is 0 Å². The van der Waals surface area contributed by atoms with Gasteiger partial charge in [-0.2, -0.15) is 0 Å². The van der Waals surface area contributed by atoms with E-state index in [1.54, 1.807) is 0 Å². The molecule has 0 saturated heterocycles. The fourth-order valence-electron chi connectivity index (χ4n) is 0. The Balaban J connectivity index is -0.0000000133. The summed E-state index contributed by atoms with van der Waals surface area (Å²) in [5.41, 5.74) is 0. The van der Waals surface area contributed by atoms with E-state index < -0.39 is 0 Å². The minimum absolute atomic E-state index is 0. The Hall–Kier alpha value is 1.10. The first kappa shape index (κ1) is 16.5. The van der Waals surface area contributed by atoms with Crippen molar-refractivity contribution in [1.29, 1.82) is 0 Å². The predicted octanol–water partition coefficient (Wildman–Crippen LogP) is -1.50. The van der Waals surface area contributed by atoms with Crippen molar-refractivity contribution in [1.82, 2.24) is 0 Å². The van der Waals surface area contributed by atoms with Crippen LogP contribution in [0, 0.1) is 10.4 Å². The standard InChI is InChI=1S/Ca.2H2NO/c;2*1-2/h;2*1H2/q+2;2*-1. The molecule has 0 unspecified atom stereocenters. The summed E-state index contributed by atoms with van der Waals surface area (Å²) in [5.74, 6) is 6.50. The van der Waals surface area contributed by atoms with Gasteiger partial charge in [-0.25, -0.2) is 0 Å². The third-order valence-electron chi connectivity index (χ3n) is 0. The fourth-order valence-corrected chi connectivity index (χ4v) is 0. The molecule has 0 rings (SSSR count). The Kier molecular flexibility index (Phi) is 234. The van der Waals surface area contributed by atoms with E-state index in [0.29, 0.717) is 0 Å². The van der Waals surface area contributed by atoms with Crippen molar-refractivity contribution in [3.8, 4) is 0 Å². The van der Waals surface area contributed by atoms with Crippen LogP contribution >= 0.6 is 0 Å². The van der Waals surface area contributed by atoms with E-state index in [-0.39, 0.29) is 37.7 Å². The topological polar surface area (TPSA) is 98.2 Å². The van der Waals surface area contributed by atoms with Crippen LogP contribution in [0.3, 0.4) is 0 Å². The maximum absolute atomic E-state index is 7.75. The van der Waals surface area contributed by atoms with Gasteiger partial charge in [0.25, 0.3) is 0 Å². The van der Waals surface area contributed by atoms with E-state index in [0.717, 1.165) is 0 Å². The Morgan fingerprint density at radius 2 is 0.800 bits per heavy atom. The summed E-state index contributed by atoms with van der Waals surface area (Å²) in [6.45, 7) is 0. The van der Waals surface area contributed by atoms with E-state index >= 15 is 0 Å². The molecule has 0 aliphatic carbocycles. The number of hydrogen-bond acceptors (Lipinski definition) is 4. The monoisotopic (exact) mass is 104 g/mol. The van der Waals surface area contributed by atoms with Gasteiger partial charge in [0.2, 0.25) is 0 Å². The van der Waals surface area contributed by atoms with Crippen LogP contribution in [0.25, 0.3) is 0 Å². The minimum atomic E-state index is 0. The molecule has 4 N–H and O–H groups in total. The smallest absolute Gasteiger partial charge is 0.790 e. The van der Waals surface area contributed by atoms with E-state index in [9.17, 15) is 0 Å². The summed E-state index contributed by atoms with van der Waals surface area (Å²) in [7, 11) is 0. The second-order valence-corrected chi connectivity index (χ2v) is 0. The fraction of sp³-hybridized carbons (Fsp3) is 0. The van der Waals surface area contributed by atoms with Gasteiger partial charge in [-0.15, -0.1) is 0 Å². The summed E-state index contributed by atoms with van der Waals surface area (Å²) < 4.78 is 0. The van der Waals surface area contributed by atoms with Gasteiger partial charge in [-0.3, -0.25) is 0 Å². The van der Waals surface area contributed by atoms with Gasteiger partial charge in [0.1, 0.15) is 0 Å². The molecular formula is H4CaN2O2. The molecule has 5 heteroatoms. The maximum atomic E-state index is 7.75. The molecule has 0 bridgehead atoms. The molecule has 0 spiro atoms. The molecule has 0 aromatic carbocycles. The van der Waals surface area contributed by atoms with Crippen LogP contribution < -0.4 is 11.8 Å². The molecule has 0 atom stereocenters. The van der Waals surface area contributed by atoms with Gasteiger partial charge in [0.05, 0.1) is 0 Å². The number of nitrogens with two attached hydrogens (primary N) is 2. The molecule has 4 nitrogen and oxygen atoms in total. The summed E-state index contributed by atoms with van der Waals surface area (Å²) in [5, 5.41) is 15.5. The van der Waals surface area contributed by atoms with Gasteiger partial charge in [-0.1, -0.05) is 0 Å². The summed E-state index contributed by atoms with van der Waals surface area (Å²) in [6, 6.07) is 0. The molecular weight excluding hydrogens is 100 g/mol. The Morgan fingerprint density at radius 1 is 0.800 bits per heavy atom. The molecule has 0 radical (unpaired) electrons. The average molecular weight is 104 g/mol. The van der Waals surface area contributed by atoms with Crippen molar-refractivity contribution in [2.75, 3.05) is 0 Å². The van der Waals surface area contributed by atoms with Gasteiger partial charge < -0.3 is 22.2 Å². The second-order valence-electron chi connectivity index (χ2n) is 0. The third kappa shape index (κ3) is 40.5. The Bertz CT molecular complexity index is 7.61. The van der Waals surface area contributed by atoms with Gasteiger partial charge in [0, 0.05) is 0 Å². The number of hydrogen-bond donors (Lipinski definition) is 2. The summed E-state index contributed by atoms with van der Waals surface area (Å²) >= 11 is 0. The van der Waals surface area contributed by atoms with Crippen LogP contribution in [0.2, 0.25) is 0 Å². The number of rotatable bonds is 0. The molecule has 5 heavy (non-hydrogen) atoms. The van der Waals surface area contributed by atoms with Crippen molar-refractivity contribution in [3.63, 3.8) is 0 Å². The van der Waals surface area contributed by atoms with E-state index in [2.05, 4.69) is 11.8 Å². The van der Waals surface area contributed by atoms with Crippen molar-refractivity contribution < 1.29 is 0 Å². The SMILES string of the molecule is N[O-].N[O-].[Ca+2]. The van der Waals surface area contributed by atoms with Crippen LogP contribution in [0.1, 0.15) is 0 Å². The first-order chi connectivity index (χ1) is 2.00. The molecule has 0 amide bonds. The van der Waals surface area contributed by atoms with E-state index in [1.807, 2.05) is 0 Å².